The number of rotatable bonds is 6. The molecule has 4 rings (SSSR count). The molecule has 3 aromatic carbocycles. The minimum Gasteiger partial charge on any atom is -0.454 e. The van der Waals surface area contributed by atoms with Crippen molar-refractivity contribution >= 4 is 56.6 Å². The van der Waals surface area contributed by atoms with E-state index in [2.05, 4.69) is 10.0 Å². The van der Waals surface area contributed by atoms with Gasteiger partial charge in [-0.15, -0.1) is 0 Å². The number of ether oxygens (including phenoxy) is 2. The van der Waals surface area contributed by atoms with Crippen molar-refractivity contribution in [3.63, 3.8) is 0 Å². The molecule has 1 aliphatic heterocycles. The van der Waals surface area contributed by atoms with Crippen molar-refractivity contribution in [1.29, 1.82) is 5.26 Å². The molecule has 0 bridgehead atoms. The van der Waals surface area contributed by atoms with E-state index in [-0.39, 0.29) is 38.7 Å². The van der Waals surface area contributed by atoms with Gasteiger partial charge in [-0.25, -0.2) is 8.42 Å². The molecule has 0 saturated heterocycles. The van der Waals surface area contributed by atoms with Gasteiger partial charge in [-0.3, -0.25) is 9.52 Å². The van der Waals surface area contributed by atoms with Gasteiger partial charge in [0.2, 0.25) is 6.79 Å². The molecule has 0 saturated carbocycles. The van der Waals surface area contributed by atoms with Crippen molar-refractivity contribution in [2.24, 2.45) is 0 Å². The second kappa shape index (κ2) is 9.65. The van der Waals surface area contributed by atoms with E-state index in [4.69, 9.17) is 32.7 Å². The predicted molar refractivity (Wildman–Crippen MR) is 128 cm³/mol. The molecular weight excluding hydrogens is 501 g/mol. The van der Waals surface area contributed by atoms with Gasteiger partial charge in [-0.1, -0.05) is 41.4 Å². The van der Waals surface area contributed by atoms with E-state index in [0.29, 0.717) is 17.1 Å². The first-order valence-electron chi connectivity index (χ1n) is 9.66. The molecular formula is C23H15Cl2N3O5S. The van der Waals surface area contributed by atoms with E-state index < -0.39 is 15.9 Å². The fraction of sp³-hybridized carbons (Fsp3) is 0.0435. The van der Waals surface area contributed by atoms with Crippen LogP contribution in [0.3, 0.4) is 0 Å². The minimum absolute atomic E-state index is 0.0611. The van der Waals surface area contributed by atoms with Crippen LogP contribution < -0.4 is 19.5 Å². The molecule has 0 fully saturated rings. The number of para-hydroxylation sites is 1. The third-order valence-electron chi connectivity index (χ3n) is 4.67. The number of fused-ring (bicyclic) bond motifs is 1. The number of halogens is 2. The second-order valence-electron chi connectivity index (χ2n) is 6.97. The predicted octanol–water partition coefficient (Wildman–Crippen LogP) is 5.07. The summed E-state index contributed by atoms with van der Waals surface area (Å²) in [5.74, 6) is 0.343. The van der Waals surface area contributed by atoms with E-state index in [0.717, 1.165) is 0 Å². The van der Waals surface area contributed by atoms with Gasteiger partial charge in [0.1, 0.15) is 16.5 Å². The highest BCUT2D eigenvalue weighted by Gasteiger charge is 2.21. The molecule has 1 heterocycles. The van der Waals surface area contributed by atoms with Crippen molar-refractivity contribution < 1.29 is 22.7 Å². The lowest BCUT2D eigenvalue weighted by Crippen LogP contribution is -2.16. The maximum atomic E-state index is 12.9. The largest absolute Gasteiger partial charge is 0.454 e. The average Bonchev–Trinajstić information content (AvgIpc) is 3.28. The number of nitrogens with zero attached hydrogens (tertiary/aromatic N) is 1. The van der Waals surface area contributed by atoms with Gasteiger partial charge in [-0.2, -0.15) is 5.26 Å². The molecule has 0 unspecified atom stereocenters. The van der Waals surface area contributed by atoms with Gasteiger partial charge < -0.3 is 14.8 Å². The van der Waals surface area contributed by atoms with Gasteiger partial charge in [-0.05, 0) is 54.1 Å². The zero-order valence-electron chi connectivity index (χ0n) is 17.2. The van der Waals surface area contributed by atoms with Crippen LogP contribution in [0.4, 0.5) is 11.4 Å². The van der Waals surface area contributed by atoms with Crippen molar-refractivity contribution in [1.82, 2.24) is 0 Å². The van der Waals surface area contributed by atoms with Crippen LogP contribution in [0.5, 0.6) is 11.5 Å². The topological polar surface area (TPSA) is 118 Å². The van der Waals surface area contributed by atoms with Gasteiger partial charge in [0.25, 0.3) is 15.9 Å². The molecule has 0 aliphatic carbocycles. The van der Waals surface area contributed by atoms with Crippen LogP contribution in [-0.4, -0.2) is 21.1 Å². The summed E-state index contributed by atoms with van der Waals surface area (Å²) >= 11 is 12.2. The lowest BCUT2D eigenvalue weighted by molar-refractivity contribution is -0.112. The SMILES string of the molecule is N#CC(=Cc1ccc2c(c1)OCO2)C(=O)Nc1ccc(Cl)c(S(=O)(=O)Nc2ccccc2Cl)c1. The van der Waals surface area contributed by atoms with Crippen molar-refractivity contribution in [2.75, 3.05) is 16.8 Å². The maximum Gasteiger partial charge on any atom is 0.266 e. The summed E-state index contributed by atoms with van der Waals surface area (Å²) in [4.78, 5) is 12.4. The molecule has 1 aliphatic rings. The summed E-state index contributed by atoms with van der Waals surface area (Å²) in [5, 5.41) is 12.1. The molecule has 0 spiro atoms. The zero-order chi connectivity index (χ0) is 24.3. The lowest BCUT2D eigenvalue weighted by Gasteiger charge is -2.12. The second-order valence-corrected chi connectivity index (χ2v) is 9.43. The molecule has 11 heteroatoms. The Hall–Kier alpha value is -3.71. The van der Waals surface area contributed by atoms with Crippen LogP contribution in [0.2, 0.25) is 10.0 Å². The Bertz CT molecular complexity index is 1470. The van der Waals surface area contributed by atoms with Crippen LogP contribution >= 0.6 is 23.2 Å². The Balaban J connectivity index is 1.57. The van der Waals surface area contributed by atoms with E-state index in [1.807, 2.05) is 6.07 Å². The number of sulfonamides is 1. The number of hydrogen-bond acceptors (Lipinski definition) is 6. The van der Waals surface area contributed by atoms with Crippen LogP contribution in [0, 0.1) is 11.3 Å². The molecule has 3 aromatic rings. The quantitative estimate of drug-likeness (QED) is 0.349. The highest BCUT2D eigenvalue weighted by atomic mass is 35.5. The fourth-order valence-corrected chi connectivity index (χ4v) is 4.89. The summed E-state index contributed by atoms with van der Waals surface area (Å²) in [7, 11) is -4.13. The maximum absolute atomic E-state index is 12.9. The van der Waals surface area contributed by atoms with E-state index in [1.54, 1.807) is 30.3 Å². The summed E-state index contributed by atoms with van der Waals surface area (Å²) < 4.78 is 38.7. The first-order chi connectivity index (χ1) is 16.3. The number of hydrogen-bond donors (Lipinski definition) is 2. The van der Waals surface area contributed by atoms with Crippen LogP contribution in [0.25, 0.3) is 6.08 Å². The molecule has 0 radical (unpaired) electrons. The monoisotopic (exact) mass is 515 g/mol. The van der Waals surface area contributed by atoms with Gasteiger partial charge in [0, 0.05) is 5.69 Å². The average molecular weight is 516 g/mol. The summed E-state index contributed by atoms with van der Waals surface area (Å²) in [6.45, 7) is 0.0984. The first kappa shape index (κ1) is 23.4. The summed E-state index contributed by atoms with van der Waals surface area (Å²) in [6, 6.07) is 17.1. The zero-order valence-corrected chi connectivity index (χ0v) is 19.5. The fourth-order valence-electron chi connectivity index (χ4n) is 3.05. The molecule has 2 N–H and O–H groups in total. The van der Waals surface area contributed by atoms with E-state index >= 15 is 0 Å². The van der Waals surface area contributed by atoms with Gasteiger partial charge in [0.05, 0.1) is 15.7 Å². The van der Waals surface area contributed by atoms with Crippen molar-refractivity contribution in [3.05, 3.63) is 81.8 Å². The Kier molecular flexibility index (Phi) is 6.65. The summed E-state index contributed by atoms with van der Waals surface area (Å²) in [5.41, 5.74) is 0.653. The Morgan fingerprint density at radius 3 is 2.53 bits per heavy atom. The normalized spacial score (nSPS) is 12.7. The molecule has 8 nitrogen and oxygen atoms in total. The number of nitriles is 1. The highest BCUT2D eigenvalue weighted by Crippen LogP contribution is 2.33. The number of carbonyl (C=O) groups excluding carboxylic acids is 1. The first-order valence-corrected chi connectivity index (χ1v) is 11.9. The standard InChI is InChI=1S/C23H15Cl2N3O5S/c24-17-3-1-2-4-19(17)28-34(30,31)22-11-16(6-7-18(22)25)27-23(29)15(12-26)9-14-5-8-20-21(10-14)33-13-32-20/h1-11,28H,13H2,(H,27,29). The van der Waals surface area contributed by atoms with Crippen LogP contribution in [-0.2, 0) is 14.8 Å². The Labute approximate surface area is 205 Å². The number of nitrogens with one attached hydrogen (secondary N) is 2. The smallest absolute Gasteiger partial charge is 0.266 e. The van der Waals surface area contributed by atoms with E-state index in [9.17, 15) is 18.5 Å². The van der Waals surface area contributed by atoms with Crippen LogP contribution in [0.15, 0.2) is 71.1 Å². The Morgan fingerprint density at radius 1 is 1.00 bits per heavy atom. The Morgan fingerprint density at radius 2 is 1.76 bits per heavy atom. The van der Waals surface area contributed by atoms with Crippen molar-refractivity contribution in [2.45, 2.75) is 4.90 Å². The van der Waals surface area contributed by atoms with Gasteiger partial charge >= 0.3 is 0 Å². The van der Waals surface area contributed by atoms with Crippen LogP contribution in [0.1, 0.15) is 5.56 Å². The third-order valence-corrected chi connectivity index (χ3v) is 6.85. The molecule has 172 valence electrons. The van der Waals surface area contributed by atoms with E-state index in [1.165, 1.54) is 36.4 Å². The number of benzene rings is 3. The number of amides is 1. The number of anilines is 2. The third kappa shape index (κ3) is 5.10. The molecule has 34 heavy (non-hydrogen) atoms. The molecule has 0 aromatic heterocycles. The van der Waals surface area contributed by atoms with Gasteiger partial charge in [0.15, 0.2) is 11.5 Å². The number of carbonyl (C=O) groups is 1. The lowest BCUT2D eigenvalue weighted by atomic mass is 10.1. The highest BCUT2D eigenvalue weighted by molar-refractivity contribution is 7.92. The summed E-state index contributed by atoms with van der Waals surface area (Å²) in [6.07, 6.45) is 1.38. The minimum atomic E-state index is -4.13. The molecule has 0 atom stereocenters. The molecule has 1 amide bonds. The van der Waals surface area contributed by atoms with Crippen molar-refractivity contribution in [3.8, 4) is 17.6 Å².